The van der Waals surface area contributed by atoms with Crippen LogP contribution in [0.3, 0.4) is 0 Å². The predicted octanol–water partition coefficient (Wildman–Crippen LogP) is 0.796. The lowest BCUT2D eigenvalue weighted by Crippen LogP contribution is -2.21. The highest BCUT2D eigenvalue weighted by Crippen LogP contribution is 1.92. The smallest absolute Gasteiger partial charge is 0.0964 e. The Bertz CT molecular complexity index is 229. The fraction of sp³-hybridized carbons (Fsp3) is 0.750. The van der Waals surface area contributed by atoms with Gasteiger partial charge in [0.2, 0.25) is 0 Å². The molecule has 1 aromatic rings. The summed E-state index contributed by atoms with van der Waals surface area (Å²) in [6.07, 6.45) is 1.97. The highest BCUT2D eigenvalue weighted by molar-refractivity contribution is 4.91. The van der Waals surface area contributed by atoms with Gasteiger partial charge in [0.15, 0.2) is 0 Å². The fourth-order valence-corrected chi connectivity index (χ4v) is 0.883. The number of nitrogens with zero attached hydrogens (tertiary/aromatic N) is 3. The molecule has 4 heteroatoms. The Hall–Kier alpha value is -0.900. The first kappa shape index (κ1) is 9.19. The molecule has 0 aliphatic carbocycles. The summed E-state index contributed by atoms with van der Waals surface area (Å²) >= 11 is 0. The van der Waals surface area contributed by atoms with Crippen LogP contribution in [-0.2, 0) is 13.1 Å². The molecule has 0 fully saturated rings. The van der Waals surface area contributed by atoms with Crippen molar-refractivity contribution in [2.45, 2.75) is 39.9 Å². The third-order valence-corrected chi connectivity index (χ3v) is 1.60. The van der Waals surface area contributed by atoms with Gasteiger partial charge in [-0.2, -0.15) is 0 Å². The number of aryl methyl sites for hydroxylation is 1. The molecular formula is C8H16N4. The molecule has 0 aliphatic heterocycles. The Balaban J connectivity index is 2.41. The van der Waals surface area contributed by atoms with Crippen molar-refractivity contribution in [3.8, 4) is 0 Å². The van der Waals surface area contributed by atoms with Gasteiger partial charge in [0, 0.05) is 25.3 Å². The minimum Gasteiger partial charge on any atom is -0.309 e. The van der Waals surface area contributed by atoms with Crippen molar-refractivity contribution in [1.82, 2.24) is 20.3 Å². The monoisotopic (exact) mass is 168 g/mol. The maximum Gasteiger partial charge on any atom is 0.0964 e. The molecule has 1 heterocycles. The summed E-state index contributed by atoms with van der Waals surface area (Å²) in [6, 6.07) is 0.497. The molecule has 0 bridgehead atoms. The van der Waals surface area contributed by atoms with Crippen LogP contribution in [0.5, 0.6) is 0 Å². The van der Waals surface area contributed by atoms with Crippen LogP contribution in [-0.4, -0.2) is 21.0 Å². The van der Waals surface area contributed by atoms with E-state index in [1.54, 1.807) is 0 Å². The number of aromatic nitrogens is 3. The van der Waals surface area contributed by atoms with Gasteiger partial charge in [-0.1, -0.05) is 19.1 Å². The summed E-state index contributed by atoms with van der Waals surface area (Å²) < 4.78 is 1.83. The molecular weight excluding hydrogens is 152 g/mol. The average molecular weight is 168 g/mol. The minimum atomic E-state index is 0.497. The van der Waals surface area contributed by atoms with Crippen LogP contribution in [0.15, 0.2) is 6.20 Å². The molecule has 0 aromatic carbocycles. The SMILES string of the molecule is CCn1cc(CNC(C)C)nn1. The first-order chi connectivity index (χ1) is 5.72. The molecule has 0 saturated carbocycles. The Kier molecular flexibility index (Phi) is 3.22. The molecule has 0 saturated heterocycles. The maximum absolute atomic E-state index is 4.01. The lowest BCUT2D eigenvalue weighted by atomic mass is 10.3. The van der Waals surface area contributed by atoms with E-state index in [1.165, 1.54) is 0 Å². The summed E-state index contributed by atoms with van der Waals surface area (Å²) in [5.41, 5.74) is 1.01. The zero-order chi connectivity index (χ0) is 8.97. The first-order valence-corrected chi connectivity index (χ1v) is 4.34. The van der Waals surface area contributed by atoms with Gasteiger partial charge in [0.25, 0.3) is 0 Å². The summed E-state index contributed by atoms with van der Waals surface area (Å²) in [5, 5.41) is 11.2. The van der Waals surface area contributed by atoms with Gasteiger partial charge < -0.3 is 5.32 Å². The van der Waals surface area contributed by atoms with Crippen LogP contribution in [0.25, 0.3) is 0 Å². The highest BCUT2D eigenvalue weighted by Gasteiger charge is 1.99. The van der Waals surface area contributed by atoms with Gasteiger partial charge in [-0.3, -0.25) is 4.68 Å². The second kappa shape index (κ2) is 4.21. The number of hydrogen-bond donors (Lipinski definition) is 1. The Morgan fingerprint density at radius 2 is 2.33 bits per heavy atom. The second-order valence-electron chi connectivity index (χ2n) is 3.10. The molecule has 68 valence electrons. The molecule has 0 aliphatic rings. The second-order valence-corrected chi connectivity index (χ2v) is 3.10. The van der Waals surface area contributed by atoms with E-state index in [4.69, 9.17) is 0 Å². The number of nitrogens with one attached hydrogen (secondary N) is 1. The molecule has 12 heavy (non-hydrogen) atoms. The van der Waals surface area contributed by atoms with Crippen LogP contribution < -0.4 is 5.32 Å². The summed E-state index contributed by atoms with van der Waals surface area (Å²) in [5.74, 6) is 0. The molecule has 0 amide bonds. The minimum absolute atomic E-state index is 0.497. The van der Waals surface area contributed by atoms with E-state index in [-0.39, 0.29) is 0 Å². The van der Waals surface area contributed by atoms with Crippen molar-refractivity contribution in [2.24, 2.45) is 0 Å². The van der Waals surface area contributed by atoms with Crippen LogP contribution in [0.2, 0.25) is 0 Å². The molecule has 4 nitrogen and oxygen atoms in total. The van der Waals surface area contributed by atoms with E-state index in [1.807, 2.05) is 17.8 Å². The third-order valence-electron chi connectivity index (χ3n) is 1.60. The van der Waals surface area contributed by atoms with Gasteiger partial charge in [0.1, 0.15) is 0 Å². The van der Waals surface area contributed by atoms with Crippen molar-refractivity contribution < 1.29 is 0 Å². The predicted molar refractivity (Wildman–Crippen MR) is 47.7 cm³/mol. The number of hydrogen-bond acceptors (Lipinski definition) is 3. The van der Waals surface area contributed by atoms with Crippen molar-refractivity contribution in [3.05, 3.63) is 11.9 Å². The lowest BCUT2D eigenvalue weighted by molar-refractivity contribution is 0.580. The van der Waals surface area contributed by atoms with Crippen LogP contribution >= 0.6 is 0 Å². The molecule has 0 unspecified atom stereocenters. The Morgan fingerprint density at radius 1 is 1.58 bits per heavy atom. The topological polar surface area (TPSA) is 42.7 Å². The van der Waals surface area contributed by atoms with E-state index in [9.17, 15) is 0 Å². The number of rotatable bonds is 4. The van der Waals surface area contributed by atoms with Gasteiger partial charge in [-0.25, -0.2) is 0 Å². The van der Waals surface area contributed by atoms with Crippen LogP contribution in [0.4, 0.5) is 0 Å². The van der Waals surface area contributed by atoms with Gasteiger partial charge >= 0.3 is 0 Å². The van der Waals surface area contributed by atoms with E-state index in [0.717, 1.165) is 18.8 Å². The molecule has 0 atom stereocenters. The van der Waals surface area contributed by atoms with Gasteiger partial charge in [-0.15, -0.1) is 5.10 Å². The summed E-state index contributed by atoms with van der Waals surface area (Å²) in [6.45, 7) is 7.97. The fourth-order valence-electron chi connectivity index (χ4n) is 0.883. The molecule has 0 spiro atoms. The summed E-state index contributed by atoms with van der Waals surface area (Å²) in [7, 11) is 0. The van der Waals surface area contributed by atoms with Gasteiger partial charge in [-0.05, 0) is 6.92 Å². The Labute approximate surface area is 73.0 Å². The van der Waals surface area contributed by atoms with E-state index < -0.39 is 0 Å². The standard InChI is InChI=1S/C8H16N4/c1-4-12-6-8(10-11-12)5-9-7(2)3/h6-7,9H,4-5H2,1-3H3. The van der Waals surface area contributed by atoms with Crippen molar-refractivity contribution in [3.63, 3.8) is 0 Å². The first-order valence-electron chi connectivity index (χ1n) is 4.34. The molecule has 0 radical (unpaired) electrons. The largest absolute Gasteiger partial charge is 0.309 e. The Morgan fingerprint density at radius 3 is 2.83 bits per heavy atom. The van der Waals surface area contributed by atoms with E-state index >= 15 is 0 Å². The van der Waals surface area contributed by atoms with Gasteiger partial charge in [0.05, 0.1) is 5.69 Å². The highest BCUT2D eigenvalue weighted by atomic mass is 15.4. The molecule has 1 rings (SSSR count). The third kappa shape index (κ3) is 2.62. The van der Waals surface area contributed by atoms with Crippen molar-refractivity contribution in [2.75, 3.05) is 0 Å². The van der Waals surface area contributed by atoms with E-state index in [2.05, 4.69) is 29.5 Å². The maximum atomic E-state index is 4.01. The van der Waals surface area contributed by atoms with Crippen LogP contribution in [0, 0.1) is 0 Å². The van der Waals surface area contributed by atoms with E-state index in [0.29, 0.717) is 6.04 Å². The van der Waals surface area contributed by atoms with Crippen LogP contribution in [0.1, 0.15) is 26.5 Å². The van der Waals surface area contributed by atoms with Crippen molar-refractivity contribution >= 4 is 0 Å². The zero-order valence-corrected chi connectivity index (χ0v) is 7.91. The molecule has 1 N–H and O–H groups in total. The summed E-state index contributed by atoms with van der Waals surface area (Å²) in [4.78, 5) is 0. The quantitative estimate of drug-likeness (QED) is 0.723. The molecule has 1 aromatic heterocycles. The lowest BCUT2D eigenvalue weighted by Gasteiger charge is -2.03. The van der Waals surface area contributed by atoms with Crippen molar-refractivity contribution in [1.29, 1.82) is 0 Å². The normalized spacial score (nSPS) is 11.0. The average Bonchev–Trinajstić information content (AvgIpc) is 2.48. The zero-order valence-electron chi connectivity index (χ0n) is 7.91.